The first-order valence-corrected chi connectivity index (χ1v) is 5.32. The Kier molecular flexibility index (Phi) is 2.97. The van der Waals surface area contributed by atoms with Gasteiger partial charge in [-0.25, -0.2) is 0 Å². The van der Waals surface area contributed by atoms with Crippen LogP contribution >= 0.6 is 0 Å². The lowest BCUT2D eigenvalue weighted by atomic mass is 10.1. The van der Waals surface area contributed by atoms with E-state index in [1.165, 1.54) is 0 Å². The molecular formula is C12H15N3O. The molecule has 84 valence electrons. The van der Waals surface area contributed by atoms with Crippen LogP contribution in [-0.2, 0) is 4.74 Å². The second-order valence-electron chi connectivity index (χ2n) is 4.01. The van der Waals surface area contributed by atoms with E-state index in [-0.39, 0.29) is 0 Å². The summed E-state index contributed by atoms with van der Waals surface area (Å²) in [6.45, 7) is 1.58. The molecule has 0 bridgehead atoms. The van der Waals surface area contributed by atoms with Gasteiger partial charge in [0.15, 0.2) is 0 Å². The number of benzene rings is 1. The Morgan fingerprint density at radius 1 is 1.56 bits per heavy atom. The molecule has 1 fully saturated rings. The zero-order valence-corrected chi connectivity index (χ0v) is 9.31. The van der Waals surface area contributed by atoms with Crippen molar-refractivity contribution in [1.82, 2.24) is 0 Å². The molecule has 4 nitrogen and oxygen atoms in total. The van der Waals surface area contributed by atoms with Crippen LogP contribution in [-0.4, -0.2) is 26.3 Å². The van der Waals surface area contributed by atoms with Gasteiger partial charge in [0, 0.05) is 19.3 Å². The standard InChI is InChI=1S/C12H15N3O/c1-15(11-4-5-16-8-11)10-3-2-9(7-13)12(14)6-10/h2-3,6,11H,4-5,8,14H2,1H3. The van der Waals surface area contributed by atoms with Crippen molar-refractivity contribution in [3.05, 3.63) is 23.8 Å². The monoisotopic (exact) mass is 217 g/mol. The minimum Gasteiger partial charge on any atom is -0.398 e. The Balaban J connectivity index is 2.20. The van der Waals surface area contributed by atoms with Gasteiger partial charge in [-0.05, 0) is 24.6 Å². The molecule has 0 aliphatic carbocycles. The van der Waals surface area contributed by atoms with Crippen molar-refractivity contribution in [3.63, 3.8) is 0 Å². The van der Waals surface area contributed by atoms with Crippen molar-refractivity contribution in [3.8, 4) is 6.07 Å². The molecule has 0 radical (unpaired) electrons. The van der Waals surface area contributed by atoms with Gasteiger partial charge in [-0.3, -0.25) is 0 Å². The van der Waals surface area contributed by atoms with E-state index in [4.69, 9.17) is 15.7 Å². The fourth-order valence-corrected chi connectivity index (χ4v) is 1.91. The number of nitrogens with zero attached hydrogens (tertiary/aromatic N) is 2. The van der Waals surface area contributed by atoms with Crippen molar-refractivity contribution in [1.29, 1.82) is 5.26 Å². The fraction of sp³-hybridized carbons (Fsp3) is 0.417. The van der Waals surface area contributed by atoms with Crippen molar-refractivity contribution >= 4 is 11.4 Å². The van der Waals surface area contributed by atoms with Crippen LogP contribution in [0.4, 0.5) is 11.4 Å². The van der Waals surface area contributed by atoms with E-state index >= 15 is 0 Å². The van der Waals surface area contributed by atoms with E-state index in [9.17, 15) is 0 Å². The molecular weight excluding hydrogens is 202 g/mol. The second-order valence-corrected chi connectivity index (χ2v) is 4.01. The molecule has 2 N–H and O–H groups in total. The maximum Gasteiger partial charge on any atom is 0.101 e. The van der Waals surface area contributed by atoms with E-state index in [0.717, 1.165) is 25.3 Å². The van der Waals surface area contributed by atoms with Crippen molar-refractivity contribution < 1.29 is 4.74 Å². The van der Waals surface area contributed by atoms with Gasteiger partial charge in [-0.1, -0.05) is 0 Å². The maximum absolute atomic E-state index is 8.80. The molecule has 1 aliphatic heterocycles. The number of rotatable bonds is 2. The van der Waals surface area contributed by atoms with Gasteiger partial charge in [0.1, 0.15) is 6.07 Å². The number of hydrogen-bond acceptors (Lipinski definition) is 4. The van der Waals surface area contributed by atoms with E-state index in [2.05, 4.69) is 11.0 Å². The van der Waals surface area contributed by atoms with Crippen LogP contribution in [0.1, 0.15) is 12.0 Å². The summed E-state index contributed by atoms with van der Waals surface area (Å²) >= 11 is 0. The largest absolute Gasteiger partial charge is 0.398 e. The average molecular weight is 217 g/mol. The summed E-state index contributed by atoms with van der Waals surface area (Å²) in [6.07, 6.45) is 1.04. The lowest BCUT2D eigenvalue weighted by molar-refractivity contribution is 0.193. The fourth-order valence-electron chi connectivity index (χ4n) is 1.91. The molecule has 1 aromatic rings. The van der Waals surface area contributed by atoms with Gasteiger partial charge < -0.3 is 15.4 Å². The molecule has 1 atom stereocenters. The van der Waals surface area contributed by atoms with Crippen LogP contribution in [0, 0.1) is 11.3 Å². The molecule has 0 amide bonds. The molecule has 0 saturated carbocycles. The summed E-state index contributed by atoms with van der Waals surface area (Å²) < 4.78 is 5.35. The Labute approximate surface area is 95.2 Å². The maximum atomic E-state index is 8.80. The summed E-state index contributed by atoms with van der Waals surface area (Å²) in [4.78, 5) is 2.16. The van der Waals surface area contributed by atoms with Crippen molar-refractivity contribution in [2.75, 3.05) is 30.9 Å². The lowest BCUT2D eigenvalue weighted by Gasteiger charge is -2.25. The minimum atomic E-state index is 0.410. The molecule has 1 aliphatic rings. The number of ether oxygens (including phenoxy) is 1. The quantitative estimate of drug-likeness (QED) is 0.760. The first kappa shape index (κ1) is 10.8. The third-order valence-corrected chi connectivity index (χ3v) is 3.02. The van der Waals surface area contributed by atoms with Crippen LogP contribution in [0.15, 0.2) is 18.2 Å². The highest BCUT2D eigenvalue weighted by Crippen LogP contribution is 2.24. The number of hydrogen-bond donors (Lipinski definition) is 1. The van der Waals surface area contributed by atoms with Crippen molar-refractivity contribution in [2.24, 2.45) is 0 Å². The smallest absolute Gasteiger partial charge is 0.101 e. The topological polar surface area (TPSA) is 62.3 Å². The number of anilines is 2. The van der Waals surface area contributed by atoms with E-state index in [1.54, 1.807) is 6.07 Å². The van der Waals surface area contributed by atoms with E-state index in [1.807, 2.05) is 19.2 Å². The zero-order chi connectivity index (χ0) is 11.5. The van der Waals surface area contributed by atoms with Crippen LogP contribution in [0.25, 0.3) is 0 Å². The predicted octanol–water partition coefficient (Wildman–Crippen LogP) is 1.37. The third-order valence-electron chi connectivity index (χ3n) is 3.02. The summed E-state index contributed by atoms with van der Waals surface area (Å²) in [7, 11) is 2.03. The number of nitrogens with two attached hydrogens (primary N) is 1. The molecule has 0 aromatic heterocycles. The highest BCUT2D eigenvalue weighted by molar-refractivity contribution is 5.63. The SMILES string of the molecule is CN(c1ccc(C#N)c(N)c1)C1CCOC1. The molecule has 16 heavy (non-hydrogen) atoms. The summed E-state index contributed by atoms with van der Waals surface area (Å²) in [5.74, 6) is 0. The molecule has 2 rings (SSSR count). The van der Waals surface area contributed by atoms with Gasteiger partial charge in [-0.2, -0.15) is 5.26 Å². The third kappa shape index (κ3) is 1.95. The normalized spacial score (nSPS) is 19.4. The van der Waals surface area contributed by atoms with Crippen LogP contribution < -0.4 is 10.6 Å². The van der Waals surface area contributed by atoms with Gasteiger partial charge in [0.2, 0.25) is 0 Å². The Bertz CT molecular complexity index is 419. The minimum absolute atomic E-state index is 0.410. The highest BCUT2D eigenvalue weighted by Gasteiger charge is 2.20. The Morgan fingerprint density at radius 3 is 2.94 bits per heavy atom. The van der Waals surface area contributed by atoms with E-state index < -0.39 is 0 Å². The Hall–Kier alpha value is -1.73. The summed E-state index contributed by atoms with van der Waals surface area (Å²) in [6, 6.07) is 8.00. The first-order valence-electron chi connectivity index (χ1n) is 5.32. The first-order chi connectivity index (χ1) is 7.72. The van der Waals surface area contributed by atoms with Crippen LogP contribution in [0.2, 0.25) is 0 Å². The predicted molar refractivity (Wildman–Crippen MR) is 63.2 cm³/mol. The molecule has 0 spiro atoms. The molecule has 4 heteroatoms. The summed E-state index contributed by atoms with van der Waals surface area (Å²) in [5, 5.41) is 8.80. The Morgan fingerprint density at radius 2 is 2.38 bits per heavy atom. The number of nitriles is 1. The zero-order valence-electron chi connectivity index (χ0n) is 9.31. The molecule has 1 heterocycles. The van der Waals surface area contributed by atoms with Gasteiger partial charge in [0.05, 0.1) is 23.9 Å². The van der Waals surface area contributed by atoms with Gasteiger partial charge in [0.25, 0.3) is 0 Å². The van der Waals surface area contributed by atoms with Crippen molar-refractivity contribution in [2.45, 2.75) is 12.5 Å². The second kappa shape index (κ2) is 4.42. The van der Waals surface area contributed by atoms with Gasteiger partial charge in [-0.15, -0.1) is 0 Å². The van der Waals surface area contributed by atoms with Gasteiger partial charge >= 0.3 is 0 Å². The lowest BCUT2D eigenvalue weighted by Crippen LogP contribution is -2.31. The van der Waals surface area contributed by atoms with E-state index in [0.29, 0.717) is 17.3 Å². The molecule has 1 unspecified atom stereocenters. The van der Waals surface area contributed by atoms with Crippen LogP contribution in [0.5, 0.6) is 0 Å². The molecule has 1 saturated heterocycles. The number of nitrogen functional groups attached to an aromatic ring is 1. The molecule has 1 aromatic carbocycles. The average Bonchev–Trinajstić information content (AvgIpc) is 2.81. The summed E-state index contributed by atoms with van der Waals surface area (Å²) in [5.41, 5.74) is 7.88. The highest BCUT2D eigenvalue weighted by atomic mass is 16.5. The van der Waals surface area contributed by atoms with Crippen LogP contribution in [0.3, 0.4) is 0 Å². The number of likely N-dealkylation sites (N-methyl/N-ethyl adjacent to an activating group) is 1.